The number of furan rings is 1. The van der Waals surface area contributed by atoms with Crippen LogP contribution in [0.1, 0.15) is 49.6 Å². The van der Waals surface area contributed by atoms with Crippen LogP contribution in [0.5, 0.6) is 5.75 Å². The highest BCUT2D eigenvalue weighted by Crippen LogP contribution is 2.38. The van der Waals surface area contributed by atoms with E-state index in [1.807, 2.05) is 13.8 Å². The fourth-order valence-corrected chi connectivity index (χ4v) is 3.32. The van der Waals surface area contributed by atoms with E-state index in [1.54, 1.807) is 43.0 Å². The number of ether oxygens (including phenoxy) is 1. The maximum absolute atomic E-state index is 13.1. The van der Waals surface area contributed by atoms with Crippen LogP contribution >= 0.6 is 0 Å². The molecule has 28 heavy (non-hydrogen) atoms. The lowest BCUT2D eigenvalue weighted by atomic mass is 9.92. The number of nitrogens with zero attached hydrogens (tertiary/aromatic N) is 1. The smallest absolute Gasteiger partial charge is 0.259 e. The van der Waals surface area contributed by atoms with Crippen molar-refractivity contribution in [3.8, 4) is 5.75 Å². The number of fused-ring (bicyclic) bond motifs is 1. The Kier molecular flexibility index (Phi) is 5.24. The third kappa shape index (κ3) is 3.91. The van der Waals surface area contributed by atoms with Gasteiger partial charge in [-0.1, -0.05) is 13.8 Å². The Labute approximate surface area is 165 Å². The molecule has 6 heteroatoms. The molecule has 1 N–H and O–H groups in total. The zero-order valence-electron chi connectivity index (χ0n) is 17.4. The number of carbonyl (C=O) groups is 2. The summed E-state index contributed by atoms with van der Waals surface area (Å²) in [6.07, 6.45) is 0. The standard InChI is InChI=1S/C22H28N2O4/c1-13(2)11-24-18-10-16(23-20(25)17-9-14(3)28-15(17)4)7-8-19(18)27-12-22(5,6)21(24)26/h7-10,13H,11-12H2,1-6H3,(H,23,25). The van der Waals surface area contributed by atoms with Gasteiger partial charge in [0.15, 0.2) is 0 Å². The van der Waals surface area contributed by atoms with Gasteiger partial charge in [-0.2, -0.15) is 0 Å². The van der Waals surface area contributed by atoms with Gasteiger partial charge in [-0.15, -0.1) is 0 Å². The van der Waals surface area contributed by atoms with E-state index in [0.29, 0.717) is 53.3 Å². The minimum atomic E-state index is -0.622. The molecule has 6 nitrogen and oxygen atoms in total. The average Bonchev–Trinajstić information content (AvgIpc) is 2.92. The molecule has 0 spiro atoms. The van der Waals surface area contributed by atoms with E-state index in [0.717, 1.165) is 0 Å². The highest BCUT2D eigenvalue weighted by Gasteiger charge is 2.38. The third-order valence-corrected chi connectivity index (χ3v) is 4.75. The molecule has 1 aliphatic heterocycles. The van der Waals surface area contributed by atoms with Crippen LogP contribution in [-0.2, 0) is 4.79 Å². The van der Waals surface area contributed by atoms with Crippen molar-refractivity contribution in [2.45, 2.75) is 41.5 Å². The van der Waals surface area contributed by atoms with Crippen molar-refractivity contribution < 1.29 is 18.7 Å². The summed E-state index contributed by atoms with van der Waals surface area (Å²) >= 11 is 0. The summed E-state index contributed by atoms with van der Waals surface area (Å²) in [4.78, 5) is 27.5. The highest BCUT2D eigenvalue weighted by atomic mass is 16.5. The molecule has 0 saturated heterocycles. The van der Waals surface area contributed by atoms with Crippen molar-refractivity contribution in [1.29, 1.82) is 0 Å². The quantitative estimate of drug-likeness (QED) is 0.839. The van der Waals surface area contributed by atoms with E-state index >= 15 is 0 Å². The average molecular weight is 384 g/mol. The predicted octanol–water partition coefficient (Wildman–Crippen LogP) is 4.56. The number of anilines is 2. The molecule has 0 aliphatic carbocycles. The first-order valence-electron chi connectivity index (χ1n) is 9.55. The Morgan fingerprint density at radius 1 is 1.25 bits per heavy atom. The van der Waals surface area contributed by atoms with Gasteiger partial charge in [0.25, 0.3) is 5.91 Å². The number of aryl methyl sites for hydroxylation is 2. The summed E-state index contributed by atoms with van der Waals surface area (Å²) in [5.74, 6) is 1.98. The van der Waals surface area contributed by atoms with Crippen molar-refractivity contribution in [1.82, 2.24) is 0 Å². The third-order valence-electron chi connectivity index (χ3n) is 4.75. The molecule has 0 bridgehead atoms. The van der Waals surface area contributed by atoms with E-state index in [9.17, 15) is 9.59 Å². The zero-order valence-corrected chi connectivity index (χ0v) is 17.4. The van der Waals surface area contributed by atoms with Crippen molar-refractivity contribution in [2.24, 2.45) is 11.3 Å². The summed E-state index contributed by atoms with van der Waals surface area (Å²) in [7, 11) is 0. The number of carbonyl (C=O) groups excluding carboxylic acids is 2. The second-order valence-corrected chi connectivity index (χ2v) is 8.45. The lowest BCUT2D eigenvalue weighted by molar-refractivity contribution is -0.127. The summed E-state index contributed by atoms with van der Waals surface area (Å²) in [6.45, 7) is 12.4. The summed E-state index contributed by atoms with van der Waals surface area (Å²) in [5.41, 5.74) is 1.16. The summed E-state index contributed by atoms with van der Waals surface area (Å²) < 4.78 is 11.4. The minimum absolute atomic E-state index is 0.0183. The SMILES string of the molecule is Cc1cc(C(=O)Nc2ccc3c(c2)N(CC(C)C)C(=O)C(C)(C)CO3)c(C)o1. The van der Waals surface area contributed by atoms with Gasteiger partial charge in [0.05, 0.1) is 16.7 Å². The van der Waals surface area contributed by atoms with Crippen LogP contribution in [0.2, 0.25) is 0 Å². The zero-order chi connectivity index (χ0) is 20.6. The number of amides is 2. The Morgan fingerprint density at radius 3 is 2.57 bits per heavy atom. The van der Waals surface area contributed by atoms with Crippen LogP contribution in [0.15, 0.2) is 28.7 Å². The molecule has 0 fully saturated rings. The van der Waals surface area contributed by atoms with Gasteiger partial charge in [-0.05, 0) is 57.9 Å². The molecule has 0 radical (unpaired) electrons. The van der Waals surface area contributed by atoms with Crippen molar-refractivity contribution in [3.05, 3.63) is 41.3 Å². The largest absolute Gasteiger partial charge is 0.490 e. The number of rotatable bonds is 4. The van der Waals surface area contributed by atoms with Gasteiger partial charge < -0.3 is 19.4 Å². The number of hydrogen-bond donors (Lipinski definition) is 1. The fourth-order valence-electron chi connectivity index (χ4n) is 3.32. The minimum Gasteiger partial charge on any atom is -0.490 e. The van der Waals surface area contributed by atoms with Gasteiger partial charge in [-0.25, -0.2) is 0 Å². The normalized spacial score (nSPS) is 15.8. The monoisotopic (exact) mass is 384 g/mol. The van der Waals surface area contributed by atoms with Crippen LogP contribution < -0.4 is 15.0 Å². The van der Waals surface area contributed by atoms with Crippen LogP contribution in [-0.4, -0.2) is 25.0 Å². The summed E-state index contributed by atoms with van der Waals surface area (Å²) in [6, 6.07) is 7.11. The van der Waals surface area contributed by atoms with E-state index in [1.165, 1.54) is 0 Å². The molecule has 3 rings (SSSR count). The molecule has 150 valence electrons. The predicted molar refractivity (Wildman–Crippen MR) is 109 cm³/mol. The number of hydrogen-bond acceptors (Lipinski definition) is 4. The van der Waals surface area contributed by atoms with E-state index in [4.69, 9.17) is 9.15 Å². The van der Waals surface area contributed by atoms with Crippen molar-refractivity contribution in [3.63, 3.8) is 0 Å². The first-order chi connectivity index (χ1) is 13.1. The van der Waals surface area contributed by atoms with Gasteiger partial charge in [0.1, 0.15) is 23.9 Å². The topological polar surface area (TPSA) is 71.8 Å². The van der Waals surface area contributed by atoms with Crippen molar-refractivity contribution >= 4 is 23.2 Å². The molecule has 2 heterocycles. The lowest BCUT2D eigenvalue weighted by Crippen LogP contribution is -2.43. The lowest BCUT2D eigenvalue weighted by Gasteiger charge is -2.29. The van der Waals surface area contributed by atoms with Crippen LogP contribution in [0.25, 0.3) is 0 Å². The molecule has 0 unspecified atom stereocenters. The molecular weight excluding hydrogens is 356 g/mol. The van der Waals surface area contributed by atoms with Crippen LogP contribution in [0.3, 0.4) is 0 Å². The molecule has 0 atom stereocenters. The maximum atomic E-state index is 13.1. The van der Waals surface area contributed by atoms with E-state index in [-0.39, 0.29) is 11.8 Å². The first kappa shape index (κ1) is 20.0. The Hall–Kier alpha value is -2.76. The van der Waals surface area contributed by atoms with Gasteiger partial charge in [-0.3, -0.25) is 9.59 Å². The highest BCUT2D eigenvalue weighted by molar-refractivity contribution is 6.06. The molecule has 2 aromatic rings. The van der Waals surface area contributed by atoms with E-state index < -0.39 is 5.41 Å². The van der Waals surface area contributed by atoms with Gasteiger partial charge >= 0.3 is 0 Å². The maximum Gasteiger partial charge on any atom is 0.259 e. The molecule has 0 saturated carbocycles. The first-order valence-corrected chi connectivity index (χ1v) is 9.55. The fraction of sp³-hybridized carbons (Fsp3) is 0.455. The Bertz CT molecular complexity index is 911. The van der Waals surface area contributed by atoms with Crippen LogP contribution in [0.4, 0.5) is 11.4 Å². The second-order valence-electron chi connectivity index (χ2n) is 8.45. The van der Waals surface area contributed by atoms with Crippen LogP contribution in [0, 0.1) is 25.2 Å². The molecule has 1 aromatic carbocycles. The molecule has 1 aromatic heterocycles. The molecule has 2 amide bonds. The molecule has 1 aliphatic rings. The van der Waals surface area contributed by atoms with E-state index in [2.05, 4.69) is 19.2 Å². The molecular formula is C22H28N2O4. The number of nitrogens with one attached hydrogen (secondary N) is 1. The summed E-state index contributed by atoms with van der Waals surface area (Å²) in [5, 5.41) is 2.90. The van der Waals surface area contributed by atoms with Gasteiger partial charge in [0, 0.05) is 12.2 Å². The van der Waals surface area contributed by atoms with Gasteiger partial charge in [0.2, 0.25) is 5.91 Å². The Balaban J connectivity index is 1.95. The second kappa shape index (κ2) is 7.34. The Morgan fingerprint density at radius 2 is 1.96 bits per heavy atom. The van der Waals surface area contributed by atoms with Crippen molar-refractivity contribution in [2.75, 3.05) is 23.4 Å². The number of benzene rings is 1.